The van der Waals surface area contributed by atoms with E-state index in [1.165, 1.54) is 30.1 Å². The van der Waals surface area contributed by atoms with Gasteiger partial charge in [-0.15, -0.1) is 11.3 Å². The lowest BCUT2D eigenvalue weighted by atomic mass is 9.97. The van der Waals surface area contributed by atoms with Crippen LogP contribution in [0, 0.1) is 20.8 Å². The quantitative estimate of drug-likeness (QED) is 0.723. The van der Waals surface area contributed by atoms with E-state index in [0.29, 0.717) is 20.7 Å². The second-order valence-electron chi connectivity index (χ2n) is 6.90. The van der Waals surface area contributed by atoms with Crippen LogP contribution in [0.2, 0.25) is 0 Å². The molecule has 0 aromatic carbocycles. The molecule has 3 aromatic heterocycles. The third-order valence-electron chi connectivity index (χ3n) is 5.11. The van der Waals surface area contributed by atoms with Gasteiger partial charge in [0.1, 0.15) is 10.7 Å². The van der Waals surface area contributed by atoms with Gasteiger partial charge in [-0.05, 0) is 52.0 Å². The predicted molar refractivity (Wildman–Crippen MR) is 102 cm³/mol. The molecule has 0 saturated carbocycles. The zero-order chi connectivity index (χ0) is 20.2. The van der Waals surface area contributed by atoms with E-state index in [1.54, 1.807) is 6.92 Å². The summed E-state index contributed by atoms with van der Waals surface area (Å²) in [5.74, 6) is -0.335. The Morgan fingerprint density at radius 2 is 1.93 bits per heavy atom. The Morgan fingerprint density at radius 1 is 1.21 bits per heavy atom. The zero-order valence-electron chi connectivity index (χ0n) is 15.7. The van der Waals surface area contributed by atoms with E-state index in [2.05, 4.69) is 15.5 Å². The van der Waals surface area contributed by atoms with Crippen molar-refractivity contribution in [3.63, 3.8) is 0 Å². The second kappa shape index (κ2) is 6.77. The molecule has 0 atom stereocenters. The summed E-state index contributed by atoms with van der Waals surface area (Å²) < 4.78 is 27.7. The summed E-state index contributed by atoms with van der Waals surface area (Å²) in [5, 5.41) is 4.26. The molecule has 0 fully saturated rings. The van der Waals surface area contributed by atoms with E-state index in [9.17, 15) is 18.4 Å². The fourth-order valence-corrected chi connectivity index (χ4v) is 5.07. The molecular weight excluding hydrogens is 388 g/mol. The van der Waals surface area contributed by atoms with E-state index in [4.69, 9.17) is 0 Å². The molecular formula is C18H19F2N5O2S. The Balaban J connectivity index is 1.78. The first-order valence-electron chi connectivity index (χ1n) is 8.98. The summed E-state index contributed by atoms with van der Waals surface area (Å²) in [6.07, 6.45) is 3.87. The number of fused-ring (bicyclic) bond motifs is 3. The second-order valence-corrected chi connectivity index (χ2v) is 7.98. The summed E-state index contributed by atoms with van der Waals surface area (Å²) in [6.45, 7) is 1.66. The molecule has 0 bridgehead atoms. The van der Waals surface area contributed by atoms with Gasteiger partial charge in [0.25, 0.3) is 11.5 Å². The summed E-state index contributed by atoms with van der Waals surface area (Å²) in [6, 6.07) is 0. The van der Waals surface area contributed by atoms with Crippen molar-refractivity contribution in [3.05, 3.63) is 43.6 Å². The number of halogens is 2. The van der Waals surface area contributed by atoms with E-state index in [0.717, 1.165) is 35.9 Å². The van der Waals surface area contributed by atoms with E-state index in [-0.39, 0.29) is 22.5 Å². The number of hydrogen-bond acceptors (Lipinski definition) is 5. The van der Waals surface area contributed by atoms with Crippen LogP contribution < -0.4 is 11.0 Å². The summed E-state index contributed by atoms with van der Waals surface area (Å²) in [5.41, 5.74) is 3.44. The molecule has 3 aromatic rings. The number of nitrogens with zero attached hydrogens (tertiary/aromatic N) is 4. The first kappa shape index (κ1) is 18.7. The number of aromatic nitrogens is 4. The van der Waals surface area contributed by atoms with Crippen molar-refractivity contribution in [3.8, 4) is 0 Å². The average molecular weight is 407 g/mol. The number of amides is 1. The molecule has 1 N–H and O–H groups in total. The molecule has 1 aliphatic rings. The van der Waals surface area contributed by atoms with Gasteiger partial charge in [0.05, 0.1) is 22.3 Å². The Morgan fingerprint density at radius 3 is 2.61 bits per heavy atom. The largest absolute Gasteiger partial charge is 0.333 e. The lowest BCUT2D eigenvalue weighted by Gasteiger charge is -2.13. The molecule has 7 nitrogen and oxygen atoms in total. The van der Waals surface area contributed by atoms with E-state index >= 15 is 0 Å². The van der Waals surface area contributed by atoms with Gasteiger partial charge < -0.3 is 0 Å². The van der Waals surface area contributed by atoms with Crippen LogP contribution in [0.3, 0.4) is 0 Å². The number of carbonyl (C=O) groups excluding carboxylic acids is 1. The van der Waals surface area contributed by atoms with Gasteiger partial charge in [-0.2, -0.15) is 13.9 Å². The number of aryl methyl sites for hydroxylation is 4. The van der Waals surface area contributed by atoms with Crippen molar-refractivity contribution in [2.24, 2.45) is 0 Å². The van der Waals surface area contributed by atoms with Gasteiger partial charge >= 0.3 is 6.55 Å². The standard InChI is InChI=1S/C18H19F2N5O2S/c1-8-13(9(2)24(22-8)18(19)20)15(26)23-25-10(3)21-16-14(17(25)27)11-6-4-5-7-12(11)28-16/h18H,4-7H2,1-3H3,(H,23,26). The van der Waals surface area contributed by atoms with Crippen molar-refractivity contribution in [2.45, 2.75) is 53.0 Å². The Kier molecular flexibility index (Phi) is 4.53. The van der Waals surface area contributed by atoms with Gasteiger partial charge in [0.15, 0.2) is 0 Å². The van der Waals surface area contributed by atoms with Crippen LogP contribution in [0.4, 0.5) is 8.78 Å². The summed E-state index contributed by atoms with van der Waals surface area (Å²) in [4.78, 5) is 32.2. The van der Waals surface area contributed by atoms with Gasteiger partial charge in [-0.3, -0.25) is 15.0 Å². The Hall–Kier alpha value is -2.62. The van der Waals surface area contributed by atoms with Gasteiger partial charge in [0.2, 0.25) is 0 Å². The number of alkyl halides is 2. The third kappa shape index (κ3) is 2.83. The van der Waals surface area contributed by atoms with Crippen molar-refractivity contribution >= 4 is 27.5 Å². The minimum atomic E-state index is -2.85. The van der Waals surface area contributed by atoms with Crippen molar-refractivity contribution in [2.75, 3.05) is 5.43 Å². The molecule has 0 radical (unpaired) electrons. The molecule has 1 aliphatic carbocycles. The molecule has 148 valence electrons. The van der Waals surface area contributed by atoms with Crippen molar-refractivity contribution in [1.82, 2.24) is 19.4 Å². The van der Waals surface area contributed by atoms with Crippen LogP contribution in [0.5, 0.6) is 0 Å². The number of nitrogens with one attached hydrogen (secondary N) is 1. The maximum atomic E-state index is 13.1. The number of thiophene rings is 1. The lowest BCUT2D eigenvalue weighted by molar-refractivity contribution is 0.0540. The maximum absolute atomic E-state index is 13.1. The fraction of sp³-hybridized carbons (Fsp3) is 0.444. The van der Waals surface area contributed by atoms with E-state index in [1.807, 2.05) is 0 Å². The highest BCUT2D eigenvalue weighted by molar-refractivity contribution is 7.18. The Labute approximate surface area is 163 Å². The molecule has 1 amide bonds. The van der Waals surface area contributed by atoms with Crippen LogP contribution in [0.1, 0.15) is 57.4 Å². The molecule has 10 heteroatoms. The molecule has 4 rings (SSSR count). The normalized spacial score (nSPS) is 13.9. The maximum Gasteiger partial charge on any atom is 0.333 e. The summed E-state index contributed by atoms with van der Waals surface area (Å²) in [7, 11) is 0. The number of rotatable bonds is 3. The van der Waals surface area contributed by atoms with Crippen LogP contribution in [-0.2, 0) is 12.8 Å². The number of carbonyl (C=O) groups is 1. The lowest BCUT2D eigenvalue weighted by Crippen LogP contribution is -2.36. The van der Waals surface area contributed by atoms with Gasteiger partial charge in [-0.1, -0.05) is 0 Å². The highest BCUT2D eigenvalue weighted by Crippen LogP contribution is 2.33. The number of hydrogen-bond donors (Lipinski definition) is 1. The minimum Gasteiger partial charge on any atom is -0.267 e. The first-order chi connectivity index (χ1) is 13.3. The minimum absolute atomic E-state index is 0.0269. The average Bonchev–Trinajstić information content (AvgIpc) is 3.15. The molecule has 0 saturated heterocycles. The first-order valence-corrected chi connectivity index (χ1v) is 9.80. The monoisotopic (exact) mass is 407 g/mol. The molecule has 0 unspecified atom stereocenters. The van der Waals surface area contributed by atoms with Crippen molar-refractivity contribution in [1.29, 1.82) is 0 Å². The molecule has 0 aliphatic heterocycles. The zero-order valence-corrected chi connectivity index (χ0v) is 16.5. The Bertz CT molecular complexity index is 1160. The summed E-state index contributed by atoms with van der Waals surface area (Å²) >= 11 is 1.53. The smallest absolute Gasteiger partial charge is 0.267 e. The molecule has 0 spiro atoms. The predicted octanol–water partition coefficient (Wildman–Crippen LogP) is 3.24. The fourth-order valence-electron chi connectivity index (χ4n) is 3.78. The van der Waals surface area contributed by atoms with Gasteiger partial charge in [0, 0.05) is 4.88 Å². The van der Waals surface area contributed by atoms with Crippen LogP contribution in [0.15, 0.2) is 4.79 Å². The SMILES string of the molecule is Cc1nn(C(F)F)c(C)c1C(=O)Nn1c(C)nc2sc3c(c2c1=O)CCCC3. The van der Waals surface area contributed by atoms with E-state index < -0.39 is 12.5 Å². The molecule has 28 heavy (non-hydrogen) atoms. The highest BCUT2D eigenvalue weighted by Gasteiger charge is 2.25. The topological polar surface area (TPSA) is 81.8 Å². The van der Waals surface area contributed by atoms with Crippen molar-refractivity contribution < 1.29 is 13.6 Å². The molecule has 3 heterocycles. The van der Waals surface area contributed by atoms with Gasteiger partial charge in [-0.25, -0.2) is 14.3 Å². The van der Waals surface area contributed by atoms with Crippen LogP contribution >= 0.6 is 11.3 Å². The third-order valence-corrected chi connectivity index (χ3v) is 6.29. The van der Waals surface area contributed by atoms with Crippen LogP contribution in [-0.4, -0.2) is 25.3 Å². The highest BCUT2D eigenvalue weighted by atomic mass is 32.1. The van der Waals surface area contributed by atoms with Crippen LogP contribution in [0.25, 0.3) is 10.2 Å².